The number of carbonyl (C=O) groups excluding carboxylic acids is 1. The van der Waals surface area contributed by atoms with Crippen molar-refractivity contribution in [1.82, 2.24) is 14.7 Å². The molecule has 2 heterocycles. The van der Waals surface area contributed by atoms with Gasteiger partial charge >= 0.3 is 0 Å². The normalized spacial score (nSPS) is 12.5. The lowest BCUT2D eigenvalue weighted by Gasteiger charge is -2.15. The Morgan fingerprint density at radius 1 is 1.17 bits per heavy atom. The summed E-state index contributed by atoms with van der Waals surface area (Å²) in [5.74, 6) is 0.0564. The van der Waals surface area contributed by atoms with E-state index >= 15 is 0 Å². The first-order chi connectivity index (χ1) is 11.5. The van der Waals surface area contributed by atoms with Crippen LogP contribution in [-0.4, -0.2) is 15.3 Å². The van der Waals surface area contributed by atoms with E-state index in [-0.39, 0.29) is 17.2 Å². The Labute approximate surface area is 144 Å². The van der Waals surface area contributed by atoms with Crippen LogP contribution in [0.3, 0.4) is 0 Å². The van der Waals surface area contributed by atoms with Crippen LogP contribution >= 0.6 is 11.3 Å². The summed E-state index contributed by atoms with van der Waals surface area (Å²) in [6.07, 6.45) is 2.97. The molecule has 1 atom stereocenters. The van der Waals surface area contributed by atoms with Crippen molar-refractivity contribution < 1.29 is 4.79 Å². The highest BCUT2D eigenvalue weighted by molar-refractivity contribution is 7.15. The Kier molecular flexibility index (Phi) is 4.49. The smallest absolute Gasteiger partial charge is 0.271 e. The molecule has 1 amide bonds. The molecule has 0 fully saturated rings. The van der Waals surface area contributed by atoms with Gasteiger partial charge in [0.25, 0.3) is 11.5 Å². The first kappa shape index (κ1) is 16.4. The maximum atomic E-state index is 12.4. The van der Waals surface area contributed by atoms with Crippen LogP contribution in [0.4, 0.5) is 0 Å². The molecule has 1 aromatic carbocycles. The summed E-state index contributed by atoms with van der Waals surface area (Å²) in [5.41, 5.74) is 1.96. The highest BCUT2D eigenvalue weighted by atomic mass is 32.1. The monoisotopic (exact) mass is 341 g/mol. The largest absolute Gasteiger partial charge is 0.345 e. The van der Waals surface area contributed by atoms with Gasteiger partial charge in [-0.2, -0.15) is 0 Å². The molecule has 24 heavy (non-hydrogen) atoms. The molecule has 0 aliphatic heterocycles. The molecule has 0 spiro atoms. The molecular weight excluding hydrogens is 322 g/mol. The average molecular weight is 341 g/mol. The van der Waals surface area contributed by atoms with Crippen molar-refractivity contribution in [3.63, 3.8) is 0 Å². The Morgan fingerprint density at radius 2 is 1.83 bits per heavy atom. The van der Waals surface area contributed by atoms with Gasteiger partial charge in [-0.3, -0.25) is 14.0 Å². The van der Waals surface area contributed by atoms with Crippen LogP contribution in [0.2, 0.25) is 0 Å². The minimum absolute atomic E-state index is 0.0524. The predicted molar refractivity (Wildman–Crippen MR) is 95.8 cm³/mol. The van der Waals surface area contributed by atoms with Crippen LogP contribution in [0.5, 0.6) is 0 Å². The van der Waals surface area contributed by atoms with E-state index in [0.717, 1.165) is 5.56 Å². The lowest BCUT2D eigenvalue weighted by Crippen LogP contribution is -2.32. The number of amides is 1. The number of thiazole rings is 1. The fourth-order valence-corrected chi connectivity index (χ4v) is 3.18. The lowest BCUT2D eigenvalue weighted by molar-refractivity contribution is 0.0938. The van der Waals surface area contributed by atoms with Crippen LogP contribution in [0, 0.1) is 0 Å². The zero-order valence-corrected chi connectivity index (χ0v) is 14.6. The molecule has 124 valence electrons. The number of rotatable bonds is 4. The van der Waals surface area contributed by atoms with Gasteiger partial charge in [-0.1, -0.05) is 38.1 Å². The number of aromatic nitrogens is 2. The van der Waals surface area contributed by atoms with Crippen LogP contribution < -0.4 is 10.9 Å². The van der Waals surface area contributed by atoms with E-state index in [1.165, 1.54) is 27.5 Å². The Balaban J connectivity index is 1.80. The molecule has 3 rings (SSSR count). The third kappa shape index (κ3) is 3.10. The van der Waals surface area contributed by atoms with Crippen LogP contribution in [-0.2, 0) is 0 Å². The van der Waals surface area contributed by atoms with Crippen LogP contribution in [0.15, 0.2) is 46.8 Å². The molecule has 0 unspecified atom stereocenters. The molecule has 6 heteroatoms. The molecule has 0 bridgehead atoms. The predicted octanol–water partition coefficient (Wildman–Crippen LogP) is 3.37. The van der Waals surface area contributed by atoms with Gasteiger partial charge in [-0.15, -0.1) is 11.3 Å². The topological polar surface area (TPSA) is 63.5 Å². The average Bonchev–Trinajstić information content (AvgIpc) is 3.04. The van der Waals surface area contributed by atoms with Crippen molar-refractivity contribution in [2.45, 2.75) is 32.7 Å². The number of hydrogen-bond acceptors (Lipinski definition) is 4. The fraction of sp³-hybridized carbons (Fsp3) is 0.278. The fourth-order valence-electron chi connectivity index (χ4n) is 2.51. The van der Waals surface area contributed by atoms with Crippen molar-refractivity contribution in [3.05, 3.63) is 69.1 Å². The second-order valence-corrected chi connectivity index (χ2v) is 6.92. The molecule has 5 nitrogen and oxygen atoms in total. The summed E-state index contributed by atoms with van der Waals surface area (Å²) in [5, 5.41) is 4.64. The quantitative estimate of drug-likeness (QED) is 0.791. The number of nitrogens with one attached hydrogen (secondary N) is 1. The second-order valence-electron chi connectivity index (χ2n) is 6.05. The molecule has 0 radical (unpaired) electrons. The third-order valence-corrected chi connectivity index (χ3v) is 4.81. The molecule has 2 aromatic heterocycles. The van der Waals surface area contributed by atoms with E-state index in [2.05, 4.69) is 36.3 Å². The molecule has 1 N–H and O–H groups in total. The van der Waals surface area contributed by atoms with Gasteiger partial charge in [0.05, 0.1) is 6.04 Å². The standard InChI is InChI=1S/C18H19N3O2S/c1-11(2)13-4-6-14(7-5-13)12(3)20-16(22)15-10-19-18-21(17(15)23)8-9-24-18/h4-12H,1-3H3,(H,20,22)/t12-/m1/s1. The van der Waals surface area contributed by atoms with Gasteiger partial charge in [0, 0.05) is 17.8 Å². The van der Waals surface area contributed by atoms with Crippen molar-refractivity contribution in [3.8, 4) is 0 Å². The SMILES string of the molecule is CC(C)c1ccc([C@@H](C)NC(=O)c2cnc3sccn3c2=O)cc1. The molecule has 0 aliphatic carbocycles. The van der Waals surface area contributed by atoms with Gasteiger partial charge in [-0.25, -0.2) is 4.98 Å². The Bertz CT molecular complexity index is 925. The zero-order chi connectivity index (χ0) is 17.3. The summed E-state index contributed by atoms with van der Waals surface area (Å²) < 4.78 is 1.39. The second kappa shape index (κ2) is 6.57. The number of benzene rings is 1. The summed E-state index contributed by atoms with van der Waals surface area (Å²) in [6.45, 7) is 6.18. The van der Waals surface area contributed by atoms with E-state index in [9.17, 15) is 9.59 Å². The minimum Gasteiger partial charge on any atom is -0.345 e. The van der Waals surface area contributed by atoms with E-state index < -0.39 is 5.91 Å². The lowest BCUT2D eigenvalue weighted by atomic mass is 9.99. The molecular formula is C18H19N3O2S. The van der Waals surface area contributed by atoms with Crippen molar-refractivity contribution >= 4 is 22.2 Å². The van der Waals surface area contributed by atoms with Gasteiger partial charge in [0.15, 0.2) is 4.96 Å². The zero-order valence-electron chi connectivity index (χ0n) is 13.8. The van der Waals surface area contributed by atoms with E-state index in [1.807, 2.05) is 19.1 Å². The maximum Gasteiger partial charge on any atom is 0.271 e. The van der Waals surface area contributed by atoms with E-state index in [1.54, 1.807) is 11.6 Å². The molecule has 3 aromatic rings. The molecule has 0 aliphatic rings. The maximum absolute atomic E-state index is 12.4. The third-order valence-electron chi connectivity index (χ3n) is 4.04. The Hall–Kier alpha value is -2.47. The van der Waals surface area contributed by atoms with Crippen LogP contribution in [0.1, 0.15) is 54.2 Å². The first-order valence-electron chi connectivity index (χ1n) is 7.83. The molecule has 0 saturated carbocycles. The van der Waals surface area contributed by atoms with Crippen LogP contribution in [0.25, 0.3) is 4.96 Å². The summed E-state index contributed by atoms with van der Waals surface area (Å²) in [7, 11) is 0. The van der Waals surface area contributed by atoms with Gasteiger partial charge in [0.2, 0.25) is 0 Å². The number of carbonyl (C=O) groups is 1. The minimum atomic E-state index is -0.409. The summed E-state index contributed by atoms with van der Waals surface area (Å²) >= 11 is 1.36. The Morgan fingerprint density at radius 3 is 2.50 bits per heavy atom. The summed E-state index contributed by atoms with van der Waals surface area (Å²) in [6, 6.07) is 7.95. The highest BCUT2D eigenvalue weighted by Crippen LogP contribution is 2.18. The number of hydrogen-bond donors (Lipinski definition) is 1. The summed E-state index contributed by atoms with van der Waals surface area (Å²) in [4.78, 5) is 29.5. The first-order valence-corrected chi connectivity index (χ1v) is 8.71. The van der Waals surface area contributed by atoms with Gasteiger partial charge in [0.1, 0.15) is 5.56 Å². The number of fused-ring (bicyclic) bond motifs is 1. The van der Waals surface area contributed by atoms with Crippen molar-refractivity contribution in [2.75, 3.05) is 0 Å². The molecule has 0 saturated heterocycles. The number of nitrogens with zero attached hydrogens (tertiary/aromatic N) is 2. The van der Waals surface area contributed by atoms with Gasteiger partial charge in [-0.05, 0) is 24.0 Å². The highest BCUT2D eigenvalue weighted by Gasteiger charge is 2.16. The van der Waals surface area contributed by atoms with Crippen molar-refractivity contribution in [2.24, 2.45) is 0 Å². The van der Waals surface area contributed by atoms with Crippen molar-refractivity contribution in [1.29, 1.82) is 0 Å². The van der Waals surface area contributed by atoms with E-state index in [0.29, 0.717) is 10.9 Å². The van der Waals surface area contributed by atoms with E-state index in [4.69, 9.17) is 0 Å². The van der Waals surface area contributed by atoms with Gasteiger partial charge < -0.3 is 5.32 Å².